The Kier molecular flexibility index (Phi) is 3.23. The van der Waals surface area contributed by atoms with Gasteiger partial charge in [-0.1, -0.05) is 13.3 Å². The molecule has 1 saturated heterocycles. The van der Waals surface area contributed by atoms with Crippen LogP contribution in [0.3, 0.4) is 0 Å². The minimum absolute atomic E-state index is 0.0142. The molecule has 3 atom stereocenters. The van der Waals surface area contributed by atoms with E-state index in [2.05, 4.69) is 12.2 Å². The number of carbonyl (C=O) groups is 1. The van der Waals surface area contributed by atoms with E-state index < -0.39 is 6.10 Å². The zero-order valence-corrected chi connectivity index (χ0v) is 7.71. The van der Waals surface area contributed by atoms with E-state index in [0.29, 0.717) is 6.42 Å². The fourth-order valence-electron chi connectivity index (χ4n) is 1.71. The van der Waals surface area contributed by atoms with Crippen LogP contribution in [0, 0.1) is 0 Å². The molecular weight excluding hydrogens is 154 g/mol. The van der Waals surface area contributed by atoms with Crippen LogP contribution in [0.15, 0.2) is 0 Å². The fourth-order valence-corrected chi connectivity index (χ4v) is 1.71. The van der Waals surface area contributed by atoms with E-state index >= 15 is 0 Å². The van der Waals surface area contributed by atoms with E-state index in [1.165, 1.54) is 0 Å². The Hall–Kier alpha value is -0.410. The van der Waals surface area contributed by atoms with E-state index in [4.69, 9.17) is 0 Å². The number of hydrogen-bond acceptors (Lipinski definition) is 3. The smallest absolute Gasteiger partial charge is 0.164 e. The maximum absolute atomic E-state index is 11.2. The first-order chi connectivity index (χ1) is 5.65. The van der Waals surface area contributed by atoms with Gasteiger partial charge in [0.15, 0.2) is 5.78 Å². The number of nitrogens with one attached hydrogen (secondary N) is 1. The van der Waals surface area contributed by atoms with Crippen molar-refractivity contribution in [1.82, 2.24) is 5.32 Å². The van der Waals surface area contributed by atoms with Gasteiger partial charge < -0.3 is 10.4 Å². The zero-order chi connectivity index (χ0) is 9.14. The molecule has 0 saturated carbocycles. The molecule has 1 aliphatic heterocycles. The molecule has 0 aromatic carbocycles. The van der Waals surface area contributed by atoms with E-state index in [0.717, 1.165) is 12.8 Å². The fraction of sp³-hybridized carbons (Fsp3) is 0.889. The SMILES string of the molecule is CCCC1NC(C)CC(=O)C1O. The highest BCUT2D eigenvalue weighted by atomic mass is 16.3. The Morgan fingerprint density at radius 1 is 1.67 bits per heavy atom. The highest BCUT2D eigenvalue weighted by Gasteiger charge is 2.31. The molecule has 12 heavy (non-hydrogen) atoms. The van der Waals surface area contributed by atoms with Crippen LogP contribution in [-0.2, 0) is 4.79 Å². The van der Waals surface area contributed by atoms with Crippen molar-refractivity contribution in [2.45, 2.75) is 51.3 Å². The molecule has 1 heterocycles. The molecule has 1 rings (SSSR count). The maximum Gasteiger partial charge on any atom is 0.164 e. The molecule has 3 unspecified atom stereocenters. The van der Waals surface area contributed by atoms with Crippen LogP contribution in [0.5, 0.6) is 0 Å². The number of piperidine rings is 1. The van der Waals surface area contributed by atoms with Crippen LogP contribution in [-0.4, -0.2) is 29.1 Å². The van der Waals surface area contributed by atoms with Gasteiger partial charge in [0.1, 0.15) is 6.10 Å². The normalized spacial score (nSPS) is 36.9. The molecule has 1 aliphatic rings. The molecule has 0 bridgehead atoms. The van der Waals surface area contributed by atoms with Gasteiger partial charge in [0.25, 0.3) is 0 Å². The molecule has 0 amide bonds. The summed E-state index contributed by atoms with van der Waals surface area (Å²) in [7, 11) is 0. The lowest BCUT2D eigenvalue weighted by molar-refractivity contribution is -0.131. The van der Waals surface area contributed by atoms with Gasteiger partial charge in [-0.15, -0.1) is 0 Å². The second kappa shape index (κ2) is 4.01. The van der Waals surface area contributed by atoms with E-state index in [-0.39, 0.29) is 17.9 Å². The first kappa shape index (κ1) is 9.68. The van der Waals surface area contributed by atoms with Gasteiger partial charge in [-0.25, -0.2) is 0 Å². The van der Waals surface area contributed by atoms with Crippen molar-refractivity contribution in [2.75, 3.05) is 0 Å². The molecule has 0 radical (unpaired) electrons. The van der Waals surface area contributed by atoms with Gasteiger partial charge in [0, 0.05) is 18.5 Å². The summed E-state index contributed by atoms with van der Waals surface area (Å²) < 4.78 is 0. The molecule has 0 spiro atoms. The van der Waals surface area contributed by atoms with E-state index in [1.54, 1.807) is 0 Å². The van der Waals surface area contributed by atoms with Gasteiger partial charge in [0.05, 0.1) is 0 Å². The number of aliphatic hydroxyl groups is 1. The molecule has 0 aromatic rings. The third-order valence-electron chi connectivity index (χ3n) is 2.32. The Morgan fingerprint density at radius 2 is 2.33 bits per heavy atom. The van der Waals surface area contributed by atoms with E-state index in [9.17, 15) is 9.90 Å². The average Bonchev–Trinajstić information content (AvgIpc) is 2.00. The first-order valence-corrected chi connectivity index (χ1v) is 4.62. The topological polar surface area (TPSA) is 49.3 Å². The molecule has 1 fully saturated rings. The van der Waals surface area contributed by atoms with Crippen molar-refractivity contribution in [3.05, 3.63) is 0 Å². The Balaban J connectivity index is 2.53. The zero-order valence-electron chi connectivity index (χ0n) is 7.71. The quantitative estimate of drug-likeness (QED) is 0.635. The lowest BCUT2D eigenvalue weighted by Crippen LogP contribution is -2.54. The van der Waals surface area contributed by atoms with Crippen molar-refractivity contribution in [1.29, 1.82) is 0 Å². The van der Waals surface area contributed by atoms with Crippen molar-refractivity contribution < 1.29 is 9.90 Å². The molecule has 0 aliphatic carbocycles. The van der Waals surface area contributed by atoms with Gasteiger partial charge in [-0.2, -0.15) is 0 Å². The summed E-state index contributed by atoms with van der Waals surface area (Å²) >= 11 is 0. The van der Waals surface area contributed by atoms with Gasteiger partial charge in [0.2, 0.25) is 0 Å². The second-order valence-electron chi connectivity index (χ2n) is 3.58. The van der Waals surface area contributed by atoms with Crippen LogP contribution in [0.4, 0.5) is 0 Å². The summed E-state index contributed by atoms with van der Waals surface area (Å²) in [6.07, 6.45) is 1.55. The van der Waals surface area contributed by atoms with Gasteiger partial charge >= 0.3 is 0 Å². The Morgan fingerprint density at radius 3 is 2.92 bits per heavy atom. The van der Waals surface area contributed by atoms with Crippen molar-refractivity contribution in [3.8, 4) is 0 Å². The number of rotatable bonds is 2. The predicted molar refractivity (Wildman–Crippen MR) is 46.9 cm³/mol. The third-order valence-corrected chi connectivity index (χ3v) is 2.32. The van der Waals surface area contributed by atoms with E-state index in [1.807, 2.05) is 6.92 Å². The summed E-state index contributed by atoms with van der Waals surface area (Å²) in [6, 6.07) is 0.198. The lowest BCUT2D eigenvalue weighted by atomic mass is 9.93. The van der Waals surface area contributed by atoms with Crippen molar-refractivity contribution >= 4 is 5.78 Å². The minimum atomic E-state index is -0.777. The number of aliphatic hydroxyl groups excluding tert-OH is 1. The Labute approximate surface area is 73.2 Å². The summed E-state index contributed by atoms with van der Waals surface area (Å²) in [5.74, 6) is -0.0142. The van der Waals surface area contributed by atoms with Crippen LogP contribution < -0.4 is 5.32 Å². The number of carbonyl (C=O) groups excluding carboxylic acids is 1. The third kappa shape index (κ3) is 2.05. The lowest BCUT2D eigenvalue weighted by Gasteiger charge is -2.31. The summed E-state index contributed by atoms with van der Waals surface area (Å²) in [6.45, 7) is 4.03. The van der Waals surface area contributed by atoms with Crippen LogP contribution in [0.2, 0.25) is 0 Å². The first-order valence-electron chi connectivity index (χ1n) is 4.62. The number of hydrogen-bond donors (Lipinski definition) is 2. The summed E-state index contributed by atoms with van der Waals surface area (Å²) in [5.41, 5.74) is 0. The highest BCUT2D eigenvalue weighted by Crippen LogP contribution is 2.13. The molecule has 2 N–H and O–H groups in total. The van der Waals surface area contributed by atoms with Crippen LogP contribution in [0.1, 0.15) is 33.1 Å². The maximum atomic E-state index is 11.2. The van der Waals surface area contributed by atoms with Crippen molar-refractivity contribution in [2.24, 2.45) is 0 Å². The Bertz CT molecular complexity index is 170. The van der Waals surface area contributed by atoms with Crippen molar-refractivity contribution in [3.63, 3.8) is 0 Å². The molecule has 3 heteroatoms. The summed E-state index contributed by atoms with van der Waals surface area (Å²) in [5, 5.41) is 12.7. The predicted octanol–water partition coefficient (Wildman–Crippen LogP) is 0.467. The largest absolute Gasteiger partial charge is 0.384 e. The molecule has 0 aromatic heterocycles. The van der Waals surface area contributed by atoms with Crippen LogP contribution >= 0.6 is 0 Å². The highest BCUT2D eigenvalue weighted by molar-refractivity contribution is 5.84. The van der Waals surface area contributed by atoms with Crippen LogP contribution in [0.25, 0.3) is 0 Å². The summed E-state index contributed by atoms with van der Waals surface area (Å²) in [4.78, 5) is 11.2. The molecular formula is C9H17NO2. The standard InChI is InChI=1S/C9H17NO2/c1-3-4-7-9(12)8(11)5-6(2)10-7/h6-7,9-10,12H,3-5H2,1-2H3. The van der Waals surface area contributed by atoms with Gasteiger partial charge in [-0.3, -0.25) is 4.79 Å². The molecule has 70 valence electrons. The monoisotopic (exact) mass is 171 g/mol. The average molecular weight is 171 g/mol. The van der Waals surface area contributed by atoms with Gasteiger partial charge in [-0.05, 0) is 13.3 Å². The minimum Gasteiger partial charge on any atom is -0.384 e. The second-order valence-corrected chi connectivity index (χ2v) is 3.58. The molecule has 3 nitrogen and oxygen atoms in total. The number of ketones is 1. The number of Topliss-reactive ketones (excluding diaryl/α,β-unsaturated/α-hetero) is 1.